The Morgan fingerprint density at radius 1 is 1.15 bits per heavy atom. The van der Waals surface area contributed by atoms with Gasteiger partial charge in [-0.05, 0) is 18.2 Å². The molecule has 144 valence electrons. The molecule has 0 radical (unpaired) electrons. The average Bonchev–Trinajstić information content (AvgIpc) is 2.67. The van der Waals surface area contributed by atoms with Crippen LogP contribution in [0.1, 0.15) is 5.56 Å². The monoisotopic (exact) mass is 398 g/mol. The molecular formula is C18H18ClF3N4O. The molecule has 1 saturated heterocycles. The van der Waals surface area contributed by atoms with Gasteiger partial charge in [0.25, 0.3) is 0 Å². The first-order valence-corrected chi connectivity index (χ1v) is 8.77. The number of hydrogen-bond acceptors (Lipinski definition) is 4. The average molecular weight is 399 g/mol. The van der Waals surface area contributed by atoms with Crippen LogP contribution in [0.2, 0.25) is 5.02 Å². The summed E-state index contributed by atoms with van der Waals surface area (Å²) in [6.07, 6.45) is -3.82. The predicted octanol–water partition coefficient (Wildman–Crippen LogP) is 3.51. The van der Waals surface area contributed by atoms with Gasteiger partial charge in [0.2, 0.25) is 5.91 Å². The summed E-state index contributed by atoms with van der Waals surface area (Å²) in [5.41, 5.74) is 0.185. The summed E-state index contributed by atoms with van der Waals surface area (Å²) < 4.78 is 37.9. The molecule has 1 aromatic heterocycles. The Morgan fingerprint density at radius 2 is 1.81 bits per heavy atom. The molecule has 0 aliphatic carbocycles. The molecule has 1 amide bonds. The van der Waals surface area contributed by atoms with Crippen molar-refractivity contribution in [1.29, 1.82) is 0 Å². The highest BCUT2D eigenvalue weighted by molar-refractivity contribution is 6.33. The number of hydrogen-bond donors (Lipinski definition) is 1. The first-order chi connectivity index (χ1) is 12.8. The van der Waals surface area contributed by atoms with E-state index in [0.717, 1.165) is 24.8 Å². The molecule has 9 heteroatoms. The van der Waals surface area contributed by atoms with Crippen LogP contribution >= 0.6 is 11.6 Å². The van der Waals surface area contributed by atoms with Gasteiger partial charge in [-0.15, -0.1) is 0 Å². The van der Waals surface area contributed by atoms with Crippen molar-refractivity contribution in [3.8, 4) is 0 Å². The number of nitrogens with one attached hydrogen (secondary N) is 1. The van der Waals surface area contributed by atoms with E-state index in [-0.39, 0.29) is 23.3 Å². The van der Waals surface area contributed by atoms with Gasteiger partial charge >= 0.3 is 6.18 Å². The number of aromatic nitrogens is 1. The van der Waals surface area contributed by atoms with Crippen LogP contribution in [0.25, 0.3) is 0 Å². The third kappa shape index (κ3) is 4.82. The van der Waals surface area contributed by atoms with Crippen molar-refractivity contribution in [2.24, 2.45) is 0 Å². The Morgan fingerprint density at radius 3 is 2.41 bits per heavy atom. The van der Waals surface area contributed by atoms with E-state index in [1.165, 1.54) is 0 Å². The number of para-hydroxylation sites is 1. The van der Waals surface area contributed by atoms with Crippen molar-refractivity contribution in [3.05, 3.63) is 53.2 Å². The fourth-order valence-corrected chi connectivity index (χ4v) is 3.08. The molecule has 5 nitrogen and oxygen atoms in total. The molecule has 3 rings (SSSR count). The zero-order valence-corrected chi connectivity index (χ0v) is 15.1. The van der Waals surface area contributed by atoms with Gasteiger partial charge in [0.05, 0.1) is 17.1 Å². The Bertz CT molecular complexity index is 793. The number of amides is 1. The van der Waals surface area contributed by atoms with Crippen LogP contribution < -0.4 is 10.2 Å². The van der Waals surface area contributed by atoms with Crippen LogP contribution in [-0.4, -0.2) is 48.5 Å². The zero-order chi connectivity index (χ0) is 19.4. The van der Waals surface area contributed by atoms with Gasteiger partial charge in [-0.2, -0.15) is 13.2 Å². The van der Waals surface area contributed by atoms with Gasteiger partial charge in [-0.1, -0.05) is 29.8 Å². The van der Waals surface area contributed by atoms with Gasteiger partial charge in [-0.25, -0.2) is 4.98 Å². The second kappa shape index (κ2) is 8.04. The second-order valence-corrected chi connectivity index (χ2v) is 6.52. The summed E-state index contributed by atoms with van der Waals surface area (Å²) in [7, 11) is 0. The van der Waals surface area contributed by atoms with Gasteiger partial charge < -0.3 is 15.1 Å². The molecular weight excluding hydrogens is 381 g/mol. The van der Waals surface area contributed by atoms with E-state index < -0.39 is 11.7 Å². The van der Waals surface area contributed by atoms with Crippen molar-refractivity contribution in [2.45, 2.75) is 6.18 Å². The number of halogens is 4. The first-order valence-electron chi connectivity index (χ1n) is 8.39. The fraction of sp³-hybridized carbons (Fsp3) is 0.333. The minimum atomic E-state index is -4.51. The number of piperazine rings is 1. The van der Waals surface area contributed by atoms with Crippen molar-refractivity contribution in [2.75, 3.05) is 42.9 Å². The number of benzene rings is 1. The molecule has 0 spiro atoms. The fourth-order valence-electron chi connectivity index (χ4n) is 2.85. The molecule has 1 aliphatic heterocycles. The molecule has 0 saturated carbocycles. The summed E-state index contributed by atoms with van der Waals surface area (Å²) in [4.78, 5) is 19.9. The number of anilines is 2. The quantitative estimate of drug-likeness (QED) is 0.856. The summed E-state index contributed by atoms with van der Waals surface area (Å²) >= 11 is 5.84. The zero-order valence-electron chi connectivity index (χ0n) is 14.3. The minimum Gasteiger partial charge on any atom is -0.368 e. The molecule has 1 aliphatic rings. The van der Waals surface area contributed by atoms with Crippen LogP contribution in [0.5, 0.6) is 0 Å². The topological polar surface area (TPSA) is 48.5 Å². The highest BCUT2D eigenvalue weighted by Gasteiger charge is 2.31. The number of carbonyl (C=O) groups excluding carboxylic acids is 1. The Hall–Kier alpha value is -2.48. The standard InChI is InChI=1S/C18H18ClF3N4O/c19-15-10-13(18(20,21)22)11-23-17(15)24-12-16(27)26-8-6-25(7-9-26)14-4-2-1-3-5-14/h1-5,10-11H,6-9,12H2,(H,23,24). The van der Waals surface area contributed by atoms with Crippen LogP contribution in [0.3, 0.4) is 0 Å². The first kappa shape index (κ1) is 19.3. The number of nitrogens with zero attached hydrogens (tertiary/aromatic N) is 3. The molecule has 2 heterocycles. The predicted molar refractivity (Wildman–Crippen MR) is 98.0 cm³/mol. The van der Waals surface area contributed by atoms with Crippen LogP contribution in [0, 0.1) is 0 Å². The van der Waals surface area contributed by atoms with Gasteiger partial charge in [0, 0.05) is 38.1 Å². The van der Waals surface area contributed by atoms with Crippen molar-refractivity contribution in [3.63, 3.8) is 0 Å². The summed E-state index contributed by atoms with van der Waals surface area (Å²) in [6.45, 7) is 2.50. The number of rotatable bonds is 4. The van der Waals surface area contributed by atoms with E-state index in [2.05, 4.69) is 15.2 Å². The number of pyridine rings is 1. The highest BCUT2D eigenvalue weighted by Crippen LogP contribution is 2.32. The molecule has 27 heavy (non-hydrogen) atoms. The van der Waals surface area contributed by atoms with E-state index >= 15 is 0 Å². The van der Waals surface area contributed by atoms with E-state index in [0.29, 0.717) is 19.3 Å². The van der Waals surface area contributed by atoms with Crippen LogP contribution in [0.4, 0.5) is 24.7 Å². The molecule has 1 aromatic carbocycles. The van der Waals surface area contributed by atoms with E-state index in [1.54, 1.807) is 4.90 Å². The van der Waals surface area contributed by atoms with Crippen molar-refractivity contribution in [1.82, 2.24) is 9.88 Å². The van der Waals surface area contributed by atoms with Gasteiger partial charge in [-0.3, -0.25) is 4.79 Å². The Labute approximate surface area is 159 Å². The van der Waals surface area contributed by atoms with Gasteiger partial charge in [0.1, 0.15) is 5.82 Å². The Kier molecular flexibility index (Phi) is 5.74. The maximum atomic E-state index is 12.6. The second-order valence-electron chi connectivity index (χ2n) is 6.11. The lowest BCUT2D eigenvalue weighted by atomic mass is 10.2. The Balaban J connectivity index is 1.52. The maximum Gasteiger partial charge on any atom is 0.417 e. The largest absolute Gasteiger partial charge is 0.417 e. The van der Waals surface area contributed by atoms with Crippen molar-refractivity contribution >= 4 is 29.0 Å². The number of alkyl halides is 3. The highest BCUT2D eigenvalue weighted by atomic mass is 35.5. The third-order valence-electron chi connectivity index (χ3n) is 4.33. The smallest absolute Gasteiger partial charge is 0.368 e. The van der Waals surface area contributed by atoms with E-state index in [4.69, 9.17) is 11.6 Å². The van der Waals surface area contributed by atoms with Gasteiger partial charge in [0.15, 0.2) is 0 Å². The minimum absolute atomic E-state index is 0.0564. The lowest BCUT2D eigenvalue weighted by Crippen LogP contribution is -2.50. The van der Waals surface area contributed by atoms with E-state index in [1.807, 2.05) is 30.3 Å². The van der Waals surface area contributed by atoms with E-state index in [9.17, 15) is 18.0 Å². The molecule has 1 N–H and O–H groups in total. The third-order valence-corrected chi connectivity index (χ3v) is 4.62. The maximum absolute atomic E-state index is 12.6. The lowest BCUT2D eigenvalue weighted by molar-refractivity contribution is -0.137. The lowest BCUT2D eigenvalue weighted by Gasteiger charge is -2.36. The molecule has 2 aromatic rings. The number of carbonyl (C=O) groups is 1. The van der Waals surface area contributed by atoms with Crippen molar-refractivity contribution < 1.29 is 18.0 Å². The SMILES string of the molecule is O=C(CNc1ncc(C(F)(F)F)cc1Cl)N1CCN(c2ccccc2)CC1. The summed E-state index contributed by atoms with van der Waals surface area (Å²) in [5, 5.41) is 2.54. The normalized spacial score (nSPS) is 15.0. The van der Waals surface area contributed by atoms with Crippen LogP contribution in [-0.2, 0) is 11.0 Å². The summed E-state index contributed by atoms with van der Waals surface area (Å²) in [6, 6.07) is 10.7. The molecule has 0 unspecified atom stereocenters. The summed E-state index contributed by atoms with van der Waals surface area (Å²) in [5.74, 6) is -0.0959. The molecule has 0 atom stereocenters. The van der Waals surface area contributed by atoms with Crippen LogP contribution in [0.15, 0.2) is 42.6 Å². The molecule has 1 fully saturated rings. The molecule has 0 bridgehead atoms.